The molecule has 3 atom stereocenters. The van der Waals surface area contributed by atoms with Crippen molar-refractivity contribution >= 4 is 72.3 Å². The Morgan fingerprint density at radius 3 is 1.92 bits per heavy atom. The summed E-state index contributed by atoms with van der Waals surface area (Å²) in [6.45, 7) is 11.5. The molecule has 1 aliphatic carbocycles. The normalized spacial score (nSPS) is 12.8. The van der Waals surface area contributed by atoms with Crippen LogP contribution in [-0.2, 0) is 39.3 Å². The molecule has 2 aromatic rings. The van der Waals surface area contributed by atoms with Gasteiger partial charge in [-0.25, -0.2) is 21.4 Å². The van der Waals surface area contributed by atoms with Gasteiger partial charge in [-0.2, -0.15) is 4.72 Å². The molecule has 0 spiro atoms. The molecule has 2 aliphatic rings. The molecule has 4 amide bonds. The molecule has 0 aromatic heterocycles. The molecular formula is C51H78N14O10S2. The monoisotopic (exact) mass is 1110 g/mol. The number of sulfonamides is 1. The Balaban J connectivity index is 1.57. The number of carbonyl (C=O) groups excluding carboxylic acids is 4. The number of guanidine groups is 2. The predicted octanol–water partition coefficient (Wildman–Crippen LogP) is 0.781. The van der Waals surface area contributed by atoms with Gasteiger partial charge in [0.2, 0.25) is 39.0 Å². The van der Waals surface area contributed by atoms with Crippen molar-refractivity contribution in [3.05, 3.63) is 60.0 Å². The Kier molecular flexibility index (Phi) is 24.6. The number of rotatable bonds is 33. The van der Waals surface area contributed by atoms with Gasteiger partial charge in [-0.1, -0.05) is 18.9 Å². The lowest BCUT2D eigenvalue weighted by Gasteiger charge is -2.24. The van der Waals surface area contributed by atoms with Gasteiger partial charge in [0.1, 0.15) is 52.7 Å². The van der Waals surface area contributed by atoms with Crippen molar-refractivity contribution in [3.63, 3.8) is 0 Å². The van der Waals surface area contributed by atoms with Crippen LogP contribution in [0.1, 0.15) is 98.3 Å². The van der Waals surface area contributed by atoms with Crippen LogP contribution in [0.3, 0.4) is 0 Å². The summed E-state index contributed by atoms with van der Waals surface area (Å²) in [6, 6.07) is 10.6. The van der Waals surface area contributed by atoms with E-state index >= 15 is 0 Å². The Hall–Kier alpha value is -6.87. The van der Waals surface area contributed by atoms with E-state index in [0.717, 1.165) is 23.2 Å². The first-order valence-corrected chi connectivity index (χ1v) is 28.9. The third-order valence-corrected chi connectivity index (χ3v) is 15.2. The highest BCUT2D eigenvalue weighted by molar-refractivity contribution is 7.89. The number of benzene rings is 3. The minimum Gasteiger partial charge on any atom is -0.744 e. The zero-order chi connectivity index (χ0) is 56.9. The lowest BCUT2D eigenvalue weighted by atomic mass is 9.93. The van der Waals surface area contributed by atoms with E-state index in [0.29, 0.717) is 86.1 Å². The fourth-order valence-corrected chi connectivity index (χ4v) is 10.9. The number of nitrogens with zero attached hydrogens (tertiary/aromatic N) is 4. The van der Waals surface area contributed by atoms with Gasteiger partial charge in [0.25, 0.3) is 0 Å². The third-order valence-electron chi connectivity index (χ3n) is 12.9. The quantitative estimate of drug-likeness (QED) is 0.00787. The van der Waals surface area contributed by atoms with E-state index in [-0.39, 0.29) is 88.1 Å². The van der Waals surface area contributed by atoms with Crippen LogP contribution in [0.25, 0.3) is 33.4 Å². The maximum atomic E-state index is 14.3. The van der Waals surface area contributed by atoms with Crippen molar-refractivity contribution in [2.75, 3.05) is 57.3 Å². The standard InChI is InChI=1S/C51H78N14O10S2/c1-5-64(6-2)33-20-23-36-42(30-33)75-43-31-34(65(7-3)8-4)21-24-37(43)46(36)38-25-22-35(32-44(38)77(72,73)74)76(70,71)63-41(16-13-26-52)49(69)62-40(18-15-29-60-51(56)57)48(68)58-27-12-10-9-11-19-45(66)61-39(47(53)67)17-14-28-59-50(54)55/h20-25,30-32,39-41,63H,5-19,26-29,52H2,1-4H3,(H13-,53,54,55,56,57,58,59,60,61,62,66,67,68,69,72,73,74)/t39-,40+,41+/m1/s1. The van der Waals surface area contributed by atoms with Gasteiger partial charge in [0.05, 0.1) is 15.9 Å². The fraction of sp³-hybridized carbons (Fsp3) is 0.510. The molecule has 77 heavy (non-hydrogen) atoms. The summed E-state index contributed by atoms with van der Waals surface area (Å²) in [5.74, 6) is -2.31. The molecule has 1 aliphatic heterocycles. The first-order chi connectivity index (χ1) is 36.6. The van der Waals surface area contributed by atoms with Crippen LogP contribution < -0.4 is 69.9 Å². The summed E-state index contributed by atoms with van der Waals surface area (Å²) >= 11 is 0. The van der Waals surface area contributed by atoms with Gasteiger partial charge in [-0.15, -0.1) is 0 Å². The van der Waals surface area contributed by atoms with Gasteiger partial charge in [-0.3, -0.25) is 29.2 Å². The number of aliphatic imine (C=N–C) groups is 2. The van der Waals surface area contributed by atoms with E-state index in [2.05, 4.69) is 40.1 Å². The molecule has 0 unspecified atom stereocenters. The number of unbranched alkanes of at least 4 members (excludes halogenated alkanes) is 3. The predicted molar refractivity (Wildman–Crippen MR) is 298 cm³/mol. The summed E-state index contributed by atoms with van der Waals surface area (Å²) < 4.78 is 79.5. The summed E-state index contributed by atoms with van der Waals surface area (Å²) in [4.78, 5) is 60.6. The third kappa shape index (κ3) is 18.7. The van der Waals surface area contributed by atoms with E-state index in [9.17, 15) is 40.6 Å². The molecule has 4 rings (SSSR count). The van der Waals surface area contributed by atoms with E-state index in [4.69, 9.17) is 38.8 Å². The molecule has 24 nitrogen and oxygen atoms in total. The number of amides is 4. The van der Waals surface area contributed by atoms with Crippen LogP contribution in [-0.4, -0.2) is 127 Å². The van der Waals surface area contributed by atoms with E-state index in [1.807, 2.05) is 52.0 Å². The van der Waals surface area contributed by atoms with E-state index in [1.54, 1.807) is 12.1 Å². The molecule has 0 saturated heterocycles. The highest BCUT2D eigenvalue weighted by Gasteiger charge is 2.31. The smallest absolute Gasteiger partial charge is 0.242 e. The molecular weight excluding hydrogens is 1030 g/mol. The SMILES string of the molecule is CCN(CC)c1ccc2c(-c3ccc(S(=O)(=O)N[C@@H](CCCN)C(=O)N[C@@H](CCCN=C(N)N)C(=O)NCCCCCCC(=O)N[C@H](CCCN=C(N)N)C(N)=O)cc3S(=O)(=O)[O-])c3ccc(=[N+](CC)CC)cc-3oc2c1. The van der Waals surface area contributed by atoms with E-state index < -0.39 is 65.8 Å². The van der Waals surface area contributed by atoms with Crippen LogP contribution in [0, 0.1) is 0 Å². The maximum absolute atomic E-state index is 14.3. The summed E-state index contributed by atoms with van der Waals surface area (Å²) in [6.07, 6.45) is 3.44. The number of fused-ring (bicyclic) bond motifs is 2. The van der Waals surface area contributed by atoms with Gasteiger partial charge < -0.3 is 64.2 Å². The number of primary amides is 1. The van der Waals surface area contributed by atoms with Crippen molar-refractivity contribution in [1.82, 2.24) is 25.2 Å². The second-order valence-electron chi connectivity index (χ2n) is 18.3. The number of carbonyl (C=O) groups is 4. The Morgan fingerprint density at radius 2 is 1.32 bits per heavy atom. The van der Waals surface area contributed by atoms with Crippen LogP contribution in [0.15, 0.2) is 78.8 Å². The molecule has 0 saturated carbocycles. The summed E-state index contributed by atoms with van der Waals surface area (Å²) in [7, 11) is -10.2. The van der Waals surface area contributed by atoms with Crippen molar-refractivity contribution in [3.8, 4) is 22.5 Å². The van der Waals surface area contributed by atoms with Crippen LogP contribution >= 0.6 is 0 Å². The molecule has 1 heterocycles. The first kappa shape index (κ1) is 62.7. The molecule has 0 fully saturated rings. The number of hydrogen-bond acceptors (Lipinski definition) is 14. The topological polar surface area (TPSA) is 408 Å². The second kappa shape index (κ2) is 30.2. The van der Waals surface area contributed by atoms with Crippen LogP contribution in [0.5, 0.6) is 0 Å². The van der Waals surface area contributed by atoms with Crippen molar-refractivity contribution in [2.24, 2.45) is 44.4 Å². The molecule has 424 valence electrons. The Labute approximate surface area is 451 Å². The van der Waals surface area contributed by atoms with Crippen molar-refractivity contribution in [2.45, 2.75) is 126 Å². The van der Waals surface area contributed by atoms with Gasteiger partial charge in [-0.05, 0) is 116 Å². The molecule has 0 bridgehead atoms. The lowest BCUT2D eigenvalue weighted by molar-refractivity contribution is -0.130. The number of hydrogen-bond donors (Lipinski definition) is 10. The van der Waals surface area contributed by atoms with Crippen LogP contribution in [0.4, 0.5) is 5.69 Å². The van der Waals surface area contributed by atoms with E-state index in [1.165, 1.54) is 6.07 Å². The molecule has 26 heteroatoms. The zero-order valence-corrected chi connectivity index (χ0v) is 46.1. The number of nitrogens with two attached hydrogens (primary N) is 6. The van der Waals surface area contributed by atoms with Crippen molar-refractivity contribution in [1.29, 1.82) is 0 Å². The highest BCUT2D eigenvalue weighted by atomic mass is 32.2. The number of nitrogens with one attached hydrogen (secondary N) is 4. The largest absolute Gasteiger partial charge is 0.744 e. The van der Waals surface area contributed by atoms with Crippen LogP contribution in [0.2, 0.25) is 0 Å². The van der Waals surface area contributed by atoms with Gasteiger partial charge in [0.15, 0.2) is 11.9 Å². The number of anilines is 1. The Bertz CT molecular complexity index is 2980. The zero-order valence-electron chi connectivity index (χ0n) is 44.5. The summed E-state index contributed by atoms with van der Waals surface area (Å²) in [5, 5.41) is 9.42. The average Bonchev–Trinajstić information content (AvgIpc) is 3.38. The van der Waals surface area contributed by atoms with Crippen molar-refractivity contribution < 1.29 is 45.0 Å². The average molecular weight is 1110 g/mol. The molecule has 0 radical (unpaired) electrons. The first-order valence-electron chi connectivity index (χ1n) is 26.0. The molecule has 16 N–H and O–H groups in total. The lowest BCUT2D eigenvalue weighted by Crippen LogP contribution is -2.53. The summed E-state index contributed by atoms with van der Waals surface area (Å²) in [5.41, 5.74) is 34.9. The maximum Gasteiger partial charge on any atom is 0.242 e. The minimum atomic E-state index is -5.39. The highest BCUT2D eigenvalue weighted by Crippen LogP contribution is 2.43. The fourth-order valence-electron chi connectivity index (χ4n) is 8.83. The Morgan fingerprint density at radius 1 is 0.701 bits per heavy atom. The second-order valence-corrected chi connectivity index (χ2v) is 21.4. The van der Waals surface area contributed by atoms with Gasteiger partial charge in [0, 0.05) is 79.0 Å². The minimum absolute atomic E-state index is 0.0519. The van der Waals surface area contributed by atoms with Gasteiger partial charge >= 0.3 is 0 Å². The molecule has 2 aromatic carbocycles.